The van der Waals surface area contributed by atoms with Crippen LogP contribution in [-0.2, 0) is 4.79 Å². The van der Waals surface area contributed by atoms with Crippen molar-refractivity contribution in [2.45, 2.75) is 57.2 Å². The largest absolute Gasteiger partial charge is 0.352 e. The highest BCUT2D eigenvalue weighted by molar-refractivity contribution is 5.89. The Bertz CT molecular complexity index is 265. The number of hydrogen-bond acceptors (Lipinski definition) is 3. The van der Waals surface area contributed by atoms with Gasteiger partial charge in [0.15, 0.2) is 0 Å². The number of hydrogen-bond donors (Lipinski definition) is 2. The Morgan fingerprint density at radius 3 is 2.38 bits per heavy atom. The molecule has 1 aliphatic heterocycles. The summed E-state index contributed by atoms with van der Waals surface area (Å²) in [5, 5.41) is 3.09. The molecule has 2 aliphatic rings. The van der Waals surface area contributed by atoms with Crippen molar-refractivity contribution in [2.24, 2.45) is 5.73 Å². The molecular weight excluding hydrogens is 202 g/mol. The molecule has 0 spiro atoms. The molecule has 2 fully saturated rings. The first-order valence-electron chi connectivity index (χ1n) is 6.35. The monoisotopic (exact) mass is 225 g/mol. The molecule has 0 aromatic carbocycles. The molecular formula is C12H23N3O. The molecule has 1 amide bonds. The van der Waals surface area contributed by atoms with Crippen LogP contribution in [0.5, 0.6) is 0 Å². The van der Waals surface area contributed by atoms with E-state index in [2.05, 4.69) is 24.1 Å². The van der Waals surface area contributed by atoms with Crippen molar-refractivity contribution in [3.8, 4) is 0 Å². The van der Waals surface area contributed by atoms with Gasteiger partial charge in [0, 0.05) is 25.2 Å². The van der Waals surface area contributed by atoms with E-state index < -0.39 is 5.54 Å². The lowest BCUT2D eigenvalue weighted by atomic mass is 10.0. The molecule has 1 aliphatic carbocycles. The number of likely N-dealkylation sites (tertiary alicyclic amines) is 1. The number of carbonyl (C=O) groups excluding carboxylic acids is 1. The number of rotatable bonds is 3. The predicted octanol–water partition coefficient (Wildman–Crippen LogP) is 0.467. The number of amides is 1. The standard InChI is InChI=1S/C12H23N3O/c1-9(2)15-7-3-10(4-8-15)14-11(16)12(13)5-6-12/h9-10H,3-8,13H2,1-2H3,(H,14,16). The van der Waals surface area contributed by atoms with Gasteiger partial charge in [-0.25, -0.2) is 0 Å². The van der Waals surface area contributed by atoms with Gasteiger partial charge in [0.1, 0.15) is 0 Å². The van der Waals surface area contributed by atoms with E-state index in [9.17, 15) is 4.79 Å². The minimum atomic E-state index is -0.519. The Morgan fingerprint density at radius 1 is 1.38 bits per heavy atom. The van der Waals surface area contributed by atoms with Crippen LogP contribution in [0, 0.1) is 0 Å². The van der Waals surface area contributed by atoms with Gasteiger partial charge in [-0.2, -0.15) is 0 Å². The van der Waals surface area contributed by atoms with Crippen molar-refractivity contribution in [1.82, 2.24) is 10.2 Å². The third kappa shape index (κ3) is 2.55. The highest BCUT2D eigenvalue weighted by Gasteiger charge is 2.46. The molecule has 1 heterocycles. The molecule has 0 aromatic rings. The molecule has 2 rings (SSSR count). The number of nitrogens with two attached hydrogens (primary N) is 1. The molecule has 0 radical (unpaired) electrons. The number of nitrogens with one attached hydrogen (secondary N) is 1. The fraction of sp³-hybridized carbons (Fsp3) is 0.917. The lowest BCUT2D eigenvalue weighted by Crippen LogP contribution is -2.51. The van der Waals surface area contributed by atoms with Crippen LogP contribution in [0.4, 0.5) is 0 Å². The SMILES string of the molecule is CC(C)N1CCC(NC(=O)C2(N)CC2)CC1. The molecule has 92 valence electrons. The van der Waals surface area contributed by atoms with Crippen LogP contribution in [0.2, 0.25) is 0 Å². The second-order valence-corrected chi connectivity index (χ2v) is 5.53. The molecule has 0 aromatic heterocycles. The molecule has 16 heavy (non-hydrogen) atoms. The third-order valence-electron chi connectivity index (χ3n) is 3.84. The maximum atomic E-state index is 11.8. The highest BCUT2D eigenvalue weighted by Crippen LogP contribution is 2.32. The summed E-state index contributed by atoms with van der Waals surface area (Å²) >= 11 is 0. The zero-order valence-corrected chi connectivity index (χ0v) is 10.3. The summed E-state index contributed by atoms with van der Waals surface area (Å²) in [5.74, 6) is 0.0653. The summed E-state index contributed by atoms with van der Waals surface area (Å²) < 4.78 is 0. The summed E-state index contributed by atoms with van der Waals surface area (Å²) in [4.78, 5) is 14.2. The predicted molar refractivity (Wildman–Crippen MR) is 64.0 cm³/mol. The molecule has 0 unspecified atom stereocenters. The van der Waals surface area contributed by atoms with Gasteiger partial charge in [0.25, 0.3) is 0 Å². The van der Waals surface area contributed by atoms with Crippen LogP contribution in [0.15, 0.2) is 0 Å². The fourth-order valence-electron chi connectivity index (χ4n) is 2.25. The fourth-order valence-corrected chi connectivity index (χ4v) is 2.25. The van der Waals surface area contributed by atoms with Gasteiger partial charge in [-0.05, 0) is 39.5 Å². The van der Waals surface area contributed by atoms with Crippen molar-refractivity contribution in [3.05, 3.63) is 0 Å². The summed E-state index contributed by atoms with van der Waals surface area (Å²) in [6, 6.07) is 0.949. The zero-order valence-electron chi connectivity index (χ0n) is 10.3. The maximum absolute atomic E-state index is 11.8. The zero-order chi connectivity index (χ0) is 11.8. The number of piperidine rings is 1. The maximum Gasteiger partial charge on any atom is 0.240 e. The van der Waals surface area contributed by atoms with Crippen LogP contribution in [0.25, 0.3) is 0 Å². The Labute approximate surface area is 97.6 Å². The molecule has 1 saturated heterocycles. The number of nitrogens with zero attached hydrogens (tertiary/aromatic N) is 1. The Balaban J connectivity index is 1.75. The topological polar surface area (TPSA) is 58.4 Å². The van der Waals surface area contributed by atoms with Crippen LogP contribution in [-0.4, -0.2) is 41.5 Å². The smallest absolute Gasteiger partial charge is 0.240 e. The van der Waals surface area contributed by atoms with Gasteiger partial charge in [0.2, 0.25) is 5.91 Å². The molecule has 1 saturated carbocycles. The van der Waals surface area contributed by atoms with E-state index in [1.807, 2.05) is 0 Å². The van der Waals surface area contributed by atoms with E-state index in [4.69, 9.17) is 5.73 Å². The third-order valence-corrected chi connectivity index (χ3v) is 3.84. The first kappa shape index (κ1) is 11.9. The molecule has 3 N–H and O–H groups in total. The minimum absolute atomic E-state index is 0.0653. The van der Waals surface area contributed by atoms with E-state index in [1.54, 1.807) is 0 Å². The van der Waals surface area contributed by atoms with Crippen molar-refractivity contribution in [3.63, 3.8) is 0 Å². The van der Waals surface area contributed by atoms with Crippen LogP contribution < -0.4 is 11.1 Å². The van der Waals surface area contributed by atoms with Gasteiger partial charge in [-0.3, -0.25) is 4.79 Å². The molecule has 4 heteroatoms. The van der Waals surface area contributed by atoms with Crippen molar-refractivity contribution in [1.29, 1.82) is 0 Å². The average Bonchev–Trinajstić information content (AvgIpc) is 2.99. The molecule has 0 atom stereocenters. The van der Waals surface area contributed by atoms with Gasteiger partial charge >= 0.3 is 0 Å². The van der Waals surface area contributed by atoms with Crippen molar-refractivity contribution in [2.75, 3.05) is 13.1 Å². The summed E-state index contributed by atoms with van der Waals surface area (Å²) in [6.45, 7) is 6.61. The van der Waals surface area contributed by atoms with Gasteiger partial charge < -0.3 is 16.0 Å². The number of carbonyl (C=O) groups is 1. The second-order valence-electron chi connectivity index (χ2n) is 5.53. The quantitative estimate of drug-likeness (QED) is 0.734. The van der Waals surface area contributed by atoms with Gasteiger partial charge in [-0.15, -0.1) is 0 Å². The normalized spacial score (nSPS) is 25.8. The van der Waals surface area contributed by atoms with Crippen molar-refractivity contribution >= 4 is 5.91 Å². The molecule has 4 nitrogen and oxygen atoms in total. The van der Waals surface area contributed by atoms with E-state index in [1.165, 1.54) is 0 Å². The van der Waals surface area contributed by atoms with Crippen molar-refractivity contribution < 1.29 is 4.79 Å². The van der Waals surface area contributed by atoms with Crippen LogP contribution >= 0.6 is 0 Å². The Hall–Kier alpha value is -0.610. The minimum Gasteiger partial charge on any atom is -0.352 e. The first-order valence-corrected chi connectivity index (χ1v) is 6.35. The van der Waals surface area contributed by atoms with E-state index in [-0.39, 0.29) is 5.91 Å². The average molecular weight is 225 g/mol. The van der Waals surface area contributed by atoms with E-state index >= 15 is 0 Å². The lowest BCUT2D eigenvalue weighted by Gasteiger charge is -2.35. The van der Waals surface area contributed by atoms with Crippen LogP contribution in [0.1, 0.15) is 39.5 Å². The second kappa shape index (κ2) is 4.34. The summed E-state index contributed by atoms with van der Waals surface area (Å²) in [5.41, 5.74) is 5.34. The summed E-state index contributed by atoms with van der Waals surface area (Å²) in [6.07, 6.45) is 3.81. The van der Waals surface area contributed by atoms with Gasteiger partial charge in [-0.1, -0.05) is 0 Å². The Morgan fingerprint density at radius 2 is 1.94 bits per heavy atom. The van der Waals surface area contributed by atoms with Crippen LogP contribution in [0.3, 0.4) is 0 Å². The lowest BCUT2D eigenvalue weighted by molar-refractivity contribution is -0.124. The van der Waals surface area contributed by atoms with E-state index in [0.717, 1.165) is 38.8 Å². The van der Waals surface area contributed by atoms with Gasteiger partial charge in [0.05, 0.1) is 5.54 Å². The summed E-state index contributed by atoms with van der Waals surface area (Å²) in [7, 11) is 0. The highest BCUT2D eigenvalue weighted by atomic mass is 16.2. The Kier molecular flexibility index (Phi) is 3.22. The van der Waals surface area contributed by atoms with E-state index in [0.29, 0.717) is 12.1 Å². The molecule has 0 bridgehead atoms. The first-order chi connectivity index (χ1) is 7.51.